The van der Waals surface area contributed by atoms with Crippen molar-refractivity contribution in [3.63, 3.8) is 0 Å². The predicted octanol–water partition coefficient (Wildman–Crippen LogP) is 2.27. The number of benzene rings is 1. The third-order valence-corrected chi connectivity index (χ3v) is 2.11. The van der Waals surface area contributed by atoms with Crippen LogP contribution >= 0.6 is 0 Å². The molecule has 0 atom stereocenters. The van der Waals surface area contributed by atoms with Crippen LogP contribution in [0.1, 0.15) is 22.3 Å². The van der Waals surface area contributed by atoms with Gasteiger partial charge in [-0.15, -0.1) is 0 Å². The van der Waals surface area contributed by atoms with Crippen LogP contribution in [0.3, 0.4) is 0 Å². The SMILES string of the molecule is N#CC#Cc1ccc(C(=O)CC(=O)C(F)(F)F)cc1. The van der Waals surface area contributed by atoms with Crippen molar-refractivity contribution in [1.29, 1.82) is 5.26 Å². The van der Waals surface area contributed by atoms with Gasteiger partial charge in [-0.1, -0.05) is 18.1 Å². The van der Waals surface area contributed by atoms with E-state index in [0.717, 1.165) is 0 Å². The van der Waals surface area contributed by atoms with Crippen molar-refractivity contribution in [2.75, 3.05) is 0 Å². The summed E-state index contributed by atoms with van der Waals surface area (Å²) in [5, 5.41) is 8.22. The molecule has 0 fully saturated rings. The van der Waals surface area contributed by atoms with Gasteiger partial charge in [0.1, 0.15) is 0 Å². The fraction of sp³-hybridized carbons (Fsp3) is 0.154. The molecule has 0 saturated carbocycles. The topological polar surface area (TPSA) is 57.9 Å². The molecule has 3 nitrogen and oxygen atoms in total. The van der Waals surface area contributed by atoms with Crippen molar-refractivity contribution in [3.05, 3.63) is 35.4 Å². The minimum Gasteiger partial charge on any atom is -0.294 e. The molecule has 0 aromatic heterocycles. The molecule has 96 valence electrons. The molecule has 19 heavy (non-hydrogen) atoms. The van der Waals surface area contributed by atoms with Gasteiger partial charge < -0.3 is 0 Å². The van der Waals surface area contributed by atoms with Gasteiger partial charge in [-0.25, -0.2) is 0 Å². The zero-order chi connectivity index (χ0) is 14.5. The van der Waals surface area contributed by atoms with Gasteiger partial charge in [-0.3, -0.25) is 9.59 Å². The lowest BCUT2D eigenvalue weighted by Gasteiger charge is -2.04. The summed E-state index contributed by atoms with van der Waals surface area (Å²) in [4.78, 5) is 22.1. The number of Topliss-reactive ketones (excluding diaryl/α,β-unsaturated/α-hetero) is 2. The number of carbonyl (C=O) groups excluding carboxylic acids is 2. The molecule has 0 aliphatic rings. The average Bonchev–Trinajstić information content (AvgIpc) is 2.35. The molecule has 0 radical (unpaired) electrons. The van der Waals surface area contributed by atoms with E-state index in [1.807, 2.05) is 0 Å². The number of ketones is 2. The molecule has 0 aliphatic heterocycles. The Morgan fingerprint density at radius 1 is 1.16 bits per heavy atom. The molecule has 0 unspecified atom stereocenters. The Balaban J connectivity index is 2.80. The number of hydrogen-bond acceptors (Lipinski definition) is 3. The van der Waals surface area contributed by atoms with E-state index in [1.165, 1.54) is 24.3 Å². The highest BCUT2D eigenvalue weighted by atomic mass is 19.4. The second kappa shape index (κ2) is 5.83. The van der Waals surface area contributed by atoms with E-state index in [4.69, 9.17) is 5.26 Å². The van der Waals surface area contributed by atoms with Gasteiger partial charge in [0, 0.05) is 17.0 Å². The number of rotatable bonds is 3. The first-order chi connectivity index (χ1) is 8.84. The Kier molecular flexibility index (Phi) is 4.44. The molecule has 1 rings (SSSR count). The lowest BCUT2D eigenvalue weighted by atomic mass is 10.0. The van der Waals surface area contributed by atoms with Crippen molar-refractivity contribution in [2.45, 2.75) is 12.6 Å². The van der Waals surface area contributed by atoms with E-state index in [-0.39, 0.29) is 5.56 Å². The zero-order valence-corrected chi connectivity index (χ0v) is 9.41. The minimum atomic E-state index is -5.01. The number of carbonyl (C=O) groups is 2. The van der Waals surface area contributed by atoms with E-state index in [9.17, 15) is 22.8 Å². The molecule has 0 aliphatic carbocycles. The van der Waals surface area contributed by atoms with Gasteiger partial charge in [0.25, 0.3) is 0 Å². The van der Waals surface area contributed by atoms with Crippen LogP contribution in [0.15, 0.2) is 24.3 Å². The van der Waals surface area contributed by atoms with Crippen LogP contribution in [0.25, 0.3) is 0 Å². The summed E-state index contributed by atoms with van der Waals surface area (Å²) in [6.45, 7) is 0. The molecular weight excluding hydrogens is 259 g/mol. The Labute approximate surface area is 106 Å². The Hall–Kier alpha value is -2.60. The second-order valence-electron chi connectivity index (χ2n) is 3.46. The van der Waals surface area contributed by atoms with Gasteiger partial charge in [0.05, 0.1) is 6.42 Å². The summed E-state index contributed by atoms with van der Waals surface area (Å²) in [5.41, 5.74) is 0.431. The summed E-state index contributed by atoms with van der Waals surface area (Å²) in [6.07, 6.45) is -6.22. The lowest BCUT2D eigenvalue weighted by molar-refractivity contribution is -0.170. The van der Waals surface area contributed by atoms with Crippen LogP contribution in [-0.2, 0) is 4.79 Å². The van der Waals surface area contributed by atoms with Crippen LogP contribution in [0.4, 0.5) is 13.2 Å². The average molecular weight is 265 g/mol. The third kappa shape index (κ3) is 4.29. The van der Waals surface area contributed by atoms with E-state index < -0.39 is 24.2 Å². The van der Waals surface area contributed by atoms with Crippen molar-refractivity contribution >= 4 is 11.6 Å². The van der Waals surface area contributed by atoms with E-state index in [2.05, 4.69) is 11.8 Å². The van der Waals surface area contributed by atoms with Crippen LogP contribution < -0.4 is 0 Å². The van der Waals surface area contributed by atoms with Crippen LogP contribution in [0.2, 0.25) is 0 Å². The molecular formula is C13H6F3NO2. The van der Waals surface area contributed by atoms with Crippen LogP contribution in [0, 0.1) is 23.2 Å². The number of hydrogen-bond donors (Lipinski definition) is 0. The second-order valence-corrected chi connectivity index (χ2v) is 3.46. The van der Waals surface area contributed by atoms with Crippen molar-refractivity contribution in [2.24, 2.45) is 0 Å². The first-order valence-corrected chi connectivity index (χ1v) is 4.98. The monoisotopic (exact) mass is 265 g/mol. The third-order valence-electron chi connectivity index (χ3n) is 2.11. The number of nitriles is 1. The van der Waals surface area contributed by atoms with Gasteiger partial charge in [-0.05, 0) is 12.1 Å². The van der Waals surface area contributed by atoms with E-state index in [1.54, 1.807) is 6.07 Å². The highest BCUT2D eigenvalue weighted by Crippen LogP contribution is 2.19. The molecule has 0 amide bonds. The first-order valence-electron chi connectivity index (χ1n) is 4.98. The zero-order valence-electron chi connectivity index (χ0n) is 9.41. The Morgan fingerprint density at radius 2 is 1.74 bits per heavy atom. The van der Waals surface area contributed by atoms with Gasteiger partial charge >= 0.3 is 6.18 Å². The molecule has 1 aromatic carbocycles. The normalized spacial score (nSPS) is 10.0. The molecule has 6 heteroatoms. The predicted molar refractivity (Wildman–Crippen MR) is 58.9 cm³/mol. The highest BCUT2D eigenvalue weighted by Gasteiger charge is 2.39. The summed E-state index contributed by atoms with van der Waals surface area (Å²) in [5.74, 6) is 1.60. The van der Waals surface area contributed by atoms with Crippen molar-refractivity contribution in [1.82, 2.24) is 0 Å². The highest BCUT2D eigenvalue weighted by molar-refractivity contribution is 6.09. The minimum absolute atomic E-state index is 0.0138. The largest absolute Gasteiger partial charge is 0.450 e. The Morgan fingerprint density at radius 3 is 2.21 bits per heavy atom. The molecule has 0 saturated heterocycles. The smallest absolute Gasteiger partial charge is 0.294 e. The fourth-order valence-electron chi connectivity index (χ4n) is 1.19. The van der Waals surface area contributed by atoms with E-state index >= 15 is 0 Å². The van der Waals surface area contributed by atoms with Gasteiger partial charge in [0.15, 0.2) is 11.9 Å². The van der Waals surface area contributed by atoms with Gasteiger partial charge in [-0.2, -0.15) is 18.4 Å². The molecule has 0 heterocycles. The molecule has 0 N–H and O–H groups in total. The Bertz CT molecular complexity index is 598. The van der Waals surface area contributed by atoms with Crippen molar-refractivity contribution in [3.8, 4) is 17.9 Å². The molecule has 0 bridgehead atoms. The maximum atomic E-state index is 12.0. The fourth-order valence-corrected chi connectivity index (χ4v) is 1.19. The summed E-state index contributed by atoms with van der Waals surface area (Å²) >= 11 is 0. The van der Waals surface area contributed by atoms with Crippen LogP contribution in [-0.4, -0.2) is 17.7 Å². The first kappa shape index (κ1) is 14.5. The van der Waals surface area contributed by atoms with Crippen molar-refractivity contribution < 1.29 is 22.8 Å². The lowest BCUT2D eigenvalue weighted by Crippen LogP contribution is -2.25. The number of halogens is 3. The summed E-state index contributed by atoms with van der Waals surface area (Å²) in [6, 6.07) is 6.88. The quantitative estimate of drug-likeness (QED) is 0.478. The molecule has 1 aromatic rings. The standard InChI is InChI=1S/C13H6F3NO2/c14-13(15,16)12(19)8-11(18)10-5-3-9(4-6-10)2-1-7-17/h3-6H,8H2. The maximum Gasteiger partial charge on any atom is 0.450 e. The summed E-state index contributed by atoms with van der Waals surface area (Å²) in [7, 11) is 0. The summed E-state index contributed by atoms with van der Waals surface area (Å²) < 4.78 is 35.9. The number of nitrogens with zero attached hydrogens (tertiary/aromatic N) is 1. The molecule has 0 spiro atoms. The maximum absolute atomic E-state index is 12.0. The number of alkyl halides is 3. The van der Waals surface area contributed by atoms with E-state index in [0.29, 0.717) is 5.56 Å². The van der Waals surface area contributed by atoms with Crippen LogP contribution in [0.5, 0.6) is 0 Å². The van der Waals surface area contributed by atoms with Gasteiger partial charge in [0.2, 0.25) is 5.78 Å².